The van der Waals surface area contributed by atoms with Crippen molar-refractivity contribution in [1.29, 1.82) is 0 Å². The van der Waals surface area contributed by atoms with Crippen LogP contribution in [-0.2, 0) is 0 Å². The molecule has 98 valence electrons. The predicted molar refractivity (Wildman–Crippen MR) is 68.8 cm³/mol. The van der Waals surface area contributed by atoms with E-state index < -0.39 is 0 Å². The Balaban J connectivity index is 2.22. The van der Waals surface area contributed by atoms with Gasteiger partial charge in [0.15, 0.2) is 0 Å². The van der Waals surface area contributed by atoms with Crippen LogP contribution in [0.5, 0.6) is 5.75 Å². The summed E-state index contributed by atoms with van der Waals surface area (Å²) in [6.45, 7) is 3.18. The molecule has 2 rings (SSSR count). The summed E-state index contributed by atoms with van der Waals surface area (Å²) in [6.07, 6.45) is 1.83. The lowest BCUT2D eigenvalue weighted by Crippen LogP contribution is -2.37. The van der Waals surface area contributed by atoms with Gasteiger partial charge in [-0.2, -0.15) is 0 Å². The SMILES string of the molecule is CCOc1ccccc1C(=O)N1CCCC1CO. The monoisotopic (exact) mass is 249 g/mol. The van der Waals surface area contributed by atoms with Crippen molar-refractivity contribution in [3.05, 3.63) is 29.8 Å². The summed E-state index contributed by atoms with van der Waals surface area (Å²) in [5.41, 5.74) is 0.583. The van der Waals surface area contributed by atoms with Crippen LogP contribution in [0.15, 0.2) is 24.3 Å². The zero-order valence-corrected chi connectivity index (χ0v) is 10.6. The van der Waals surface area contributed by atoms with Crippen molar-refractivity contribution in [2.45, 2.75) is 25.8 Å². The number of hydrogen-bond acceptors (Lipinski definition) is 3. The van der Waals surface area contributed by atoms with Crippen LogP contribution in [-0.4, -0.2) is 41.7 Å². The molecule has 1 aliphatic rings. The van der Waals surface area contributed by atoms with E-state index >= 15 is 0 Å². The van der Waals surface area contributed by atoms with Gasteiger partial charge in [-0.1, -0.05) is 12.1 Å². The first-order valence-corrected chi connectivity index (χ1v) is 6.41. The van der Waals surface area contributed by atoms with E-state index in [9.17, 15) is 9.90 Å². The smallest absolute Gasteiger partial charge is 0.257 e. The highest BCUT2D eigenvalue weighted by atomic mass is 16.5. The molecule has 0 aromatic heterocycles. The molecule has 1 unspecified atom stereocenters. The summed E-state index contributed by atoms with van der Waals surface area (Å²) < 4.78 is 5.48. The standard InChI is InChI=1S/C14H19NO3/c1-2-18-13-8-4-3-7-12(13)14(17)15-9-5-6-11(15)10-16/h3-4,7-8,11,16H,2,5-6,9-10H2,1H3. The summed E-state index contributed by atoms with van der Waals surface area (Å²) in [6, 6.07) is 7.22. The summed E-state index contributed by atoms with van der Waals surface area (Å²) >= 11 is 0. The van der Waals surface area contributed by atoms with E-state index in [-0.39, 0.29) is 18.6 Å². The lowest BCUT2D eigenvalue weighted by Gasteiger charge is -2.24. The molecule has 1 atom stereocenters. The molecule has 1 heterocycles. The first-order valence-electron chi connectivity index (χ1n) is 6.41. The summed E-state index contributed by atoms with van der Waals surface area (Å²) in [5, 5.41) is 9.28. The molecule has 1 saturated heterocycles. The first kappa shape index (κ1) is 12.9. The molecule has 0 spiro atoms. The maximum Gasteiger partial charge on any atom is 0.257 e. The van der Waals surface area contributed by atoms with Crippen LogP contribution < -0.4 is 4.74 Å². The molecule has 0 aliphatic carbocycles. The van der Waals surface area contributed by atoms with Gasteiger partial charge < -0.3 is 14.7 Å². The Morgan fingerprint density at radius 1 is 1.50 bits per heavy atom. The Hall–Kier alpha value is -1.55. The van der Waals surface area contributed by atoms with Gasteiger partial charge in [0.05, 0.1) is 24.8 Å². The number of carbonyl (C=O) groups excluding carboxylic acids is 1. The Morgan fingerprint density at radius 3 is 3.00 bits per heavy atom. The molecule has 1 N–H and O–H groups in total. The van der Waals surface area contributed by atoms with E-state index in [1.807, 2.05) is 19.1 Å². The van der Waals surface area contributed by atoms with Crippen LogP contribution in [0.3, 0.4) is 0 Å². The van der Waals surface area contributed by atoms with Crippen molar-refractivity contribution in [3.63, 3.8) is 0 Å². The minimum absolute atomic E-state index is 0.0303. The zero-order valence-electron chi connectivity index (χ0n) is 10.6. The van der Waals surface area contributed by atoms with Crippen LogP contribution in [0.2, 0.25) is 0 Å². The molecule has 0 bridgehead atoms. The number of rotatable bonds is 4. The van der Waals surface area contributed by atoms with Crippen molar-refractivity contribution < 1.29 is 14.6 Å². The normalized spacial score (nSPS) is 19.0. The van der Waals surface area contributed by atoms with Crippen molar-refractivity contribution >= 4 is 5.91 Å². The van der Waals surface area contributed by atoms with Gasteiger partial charge >= 0.3 is 0 Å². The topological polar surface area (TPSA) is 49.8 Å². The molecule has 1 fully saturated rings. The van der Waals surface area contributed by atoms with Gasteiger partial charge in [-0.05, 0) is 31.9 Å². The number of amides is 1. The highest BCUT2D eigenvalue weighted by Gasteiger charge is 2.30. The average molecular weight is 249 g/mol. The number of carbonyl (C=O) groups is 1. The zero-order chi connectivity index (χ0) is 13.0. The number of benzene rings is 1. The number of aliphatic hydroxyl groups excluding tert-OH is 1. The molecule has 1 aliphatic heterocycles. The van der Waals surface area contributed by atoms with Gasteiger partial charge in [0.25, 0.3) is 5.91 Å². The Kier molecular flexibility index (Phi) is 4.20. The number of ether oxygens (including phenoxy) is 1. The lowest BCUT2D eigenvalue weighted by atomic mass is 10.1. The summed E-state index contributed by atoms with van der Waals surface area (Å²) in [7, 11) is 0. The molecule has 1 amide bonds. The van der Waals surface area contributed by atoms with Crippen LogP contribution in [0.25, 0.3) is 0 Å². The second-order valence-electron chi connectivity index (χ2n) is 4.41. The molecular formula is C14H19NO3. The molecule has 0 saturated carbocycles. The molecule has 1 aromatic carbocycles. The van der Waals surface area contributed by atoms with E-state index in [4.69, 9.17) is 4.74 Å². The van der Waals surface area contributed by atoms with Crippen molar-refractivity contribution in [3.8, 4) is 5.75 Å². The Bertz CT molecular complexity index is 419. The molecule has 4 heteroatoms. The lowest BCUT2D eigenvalue weighted by molar-refractivity contribution is 0.0673. The second kappa shape index (κ2) is 5.87. The Labute approximate surface area is 107 Å². The number of hydrogen-bond donors (Lipinski definition) is 1. The predicted octanol–water partition coefficient (Wildman–Crippen LogP) is 1.68. The highest BCUT2D eigenvalue weighted by Crippen LogP contribution is 2.24. The van der Waals surface area contributed by atoms with Crippen molar-refractivity contribution in [2.75, 3.05) is 19.8 Å². The maximum absolute atomic E-state index is 12.4. The van der Waals surface area contributed by atoms with E-state index in [0.717, 1.165) is 12.8 Å². The number of para-hydroxylation sites is 1. The van der Waals surface area contributed by atoms with Crippen LogP contribution >= 0.6 is 0 Å². The Morgan fingerprint density at radius 2 is 2.28 bits per heavy atom. The fourth-order valence-corrected chi connectivity index (χ4v) is 2.37. The van der Waals surface area contributed by atoms with Crippen molar-refractivity contribution in [2.24, 2.45) is 0 Å². The minimum atomic E-state index is -0.0489. The highest BCUT2D eigenvalue weighted by molar-refractivity contribution is 5.97. The minimum Gasteiger partial charge on any atom is -0.493 e. The molecule has 0 radical (unpaired) electrons. The number of aliphatic hydroxyl groups is 1. The van der Waals surface area contributed by atoms with Gasteiger partial charge in [-0.3, -0.25) is 4.79 Å². The fourth-order valence-electron chi connectivity index (χ4n) is 2.37. The fraction of sp³-hybridized carbons (Fsp3) is 0.500. The average Bonchev–Trinajstić information content (AvgIpc) is 2.87. The van der Waals surface area contributed by atoms with E-state index in [1.54, 1.807) is 17.0 Å². The van der Waals surface area contributed by atoms with Gasteiger partial charge in [0, 0.05) is 6.54 Å². The first-order chi connectivity index (χ1) is 8.77. The molecule has 1 aromatic rings. The van der Waals surface area contributed by atoms with Crippen molar-refractivity contribution in [1.82, 2.24) is 4.90 Å². The maximum atomic E-state index is 12.4. The third-order valence-electron chi connectivity index (χ3n) is 3.27. The third kappa shape index (κ3) is 2.48. The summed E-state index contributed by atoms with van der Waals surface area (Å²) in [4.78, 5) is 14.2. The summed E-state index contributed by atoms with van der Waals surface area (Å²) in [5.74, 6) is 0.573. The van der Waals surface area contributed by atoms with Crippen LogP contribution in [0.4, 0.5) is 0 Å². The number of likely N-dealkylation sites (tertiary alicyclic amines) is 1. The molecular weight excluding hydrogens is 230 g/mol. The van der Waals surface area contributed by atoms with Crippen LogP contribution in [0.1, 0.15) is 30.1 Å². The van der Waals surface area contributed by atoms with Gasteiger partial charge in [0.2, 0.25) is 0 Å². The van der Waals surface area contributed by atoms with Gasteiger partial charge in [0.1, 0.15) is 5.75 Å². The van der Waals surface area contributed by atoms with Gasteiger partial charge in [-0.15, -0.1) is 0 Å². The third-order valence-corrected chi connectivity index (χ3v) is 3.27. The van der Waals surface area contributed by atoms with E-state index in [1.165, 1.54) is 0 Å². The van der Waals surface area contributed by atoms with Gasteiger partial charge in [-0.25, -0.2) is 0 Å². The quantitative estimate of drug-likeness (QED) is 0.883. The molecule has 18 heavy (non-hydrogen) atoms. The molecule has 4 nitrogen and oxygen atoms in total. The van der Waals surface area contributed by atoms with E-state index in [0.29, 0.717) is 24.5 Å². The number of nitrogens with zero attached hydrogens (tertiary/aromatic N) is 1. The van der Waals surface area contributed by atoms with E-state index in [2.05, 4.69) is 0 Å². The largest absolute Gasteiger partial charge is 0.493 e. The second-order valence-corrected chi connectivity index (χ2v) is 4.41. The van der Waals surface area contributed by atoms with Crippen LogP contribution in [0, 0.1) is 0 Å².